The molecule has 0 heterocycles. The van der Waals surface area contributed by atoms with E-state index in [4.69, 9.17) is 9.47 Å². The molecule has 98 valence electrons. The zero-order valence-corrected chi connectivity index (χ0v) is 11.2. The van der Waals surface area contributed by atoms with Crippen molar-refractivity contribution < 1.29 is 17.9 Å². The Morgan fingerprint density at radius 3 is 2.50 bits per heavy atom. The second kappa shape index (κ2) is 8.92. The van der Waals surface area contributed by atoms with Crippen molar-refractivity contribution in [3.8, 4) is 0 Å². The third-order valence-electron chi connectivity index (χ3n) is 2.31. The van der Waals surface area contributed by atoms with Crippen LogP contribution in [0, 0.1) is 0 Å². The topological polar surface area (TPSA) is 64.6 Å². The summed E-state index contributed by atoms with van der Waals surface area (Å²) in [7, 11) is 0.425. The van der Waals surface area contributed by atoms with Crippen molar-refractivity contribution in [3.63, 3.8) is 0 Å². The Balaban J connectivity index is 3.52. The lowest BCUT2D eigenvalue weighted by atomic mass is 10.3. The molecule has 1 N–H and O–H groups in total. The lowest BCUT2D eigenvalue weighted by molar-refractivity contribution is 0.0291. The normalized spacial score (nSPS) is 13.9. The fourth-order valence-electron chi connectivity index (χ4n) is 1.22. The van der Waals surface area contributed by atoms with E-state index in [-0.39, 0.29) is 17.6 Å². The van der Waals surface area contributed by atoms with E-state index >= 15 is 0 Å². The van der Waals surface area contributed by atoms with Gasteiger partial charge in [0.05, 0.1) is 18.5 Å². The molecule has 0 aromatic rings. The monoisotopic (exact) mass is 253 g/mol. The molecule has 1 atom stereocenters. The first-order valence-corrected chi connectivity index (χ1v) is 7.30. The number of rotatable bonds is 10. The van der Waals surface area contributed by atoms with Crippen LogP contribution < -0.4 is 5.32 Å². The van der Waals surface area contributed by atoms with Gasteiger partial charge in [-0.1, -0.05) is 6.92 Å². The summed E-state index contributed by atoms with van der Waals surface area (Å²) in [5.74, 6) is 0.468. The average Bonchev–Trinajstić information content (AvgIpc) is 2.27. The second-order valence-electron chi connectivity index (χ2n) is 3.61. The first-order valence-electron chi connectivity index (χ1n) is 5.48. The van der Waals surface area contributed by atoms with E-state index in [9.17, 15) is 8.42 Å². The third kappa shape index (κ3) is 8.04. The smallest absolute Gasteiger partial charge is 0.150 e. The Kier molecular flexibility index (Phi) is 8.83. The van der Waals surface area contributed by atoms with Gasteiger partial charge >= 0.3 is 0 Å². The molecular formula is C10H23NO4S. The molecule has 0 bridgehead atoms. The summed E-state index contributed by atoms with van der Waals surface area (Å²) in [6.45, 7) is 3.57. The zero-order chi connectivity index (χ0) is 12.4. The first kappa shape index (κ1) is 15.8. The van der Waals surface area contributed by atoms with Crippen LogP contribution in [0.1, 0.15) is 13.3 Å². The number of nitrogens with one attached hydrogen (secondary N) is 1. The predicted octanol–water partition coefficient (Wildman–Crippen LogP) is 0.0622. The summed E-state index contributed by atoms with van der Waals surface area (Å²) in [4.78, 5) is 0. The molecule has 0 aliphatic heterocycles. The molecule has 0 saturated heterocycles. The number of hydrogen-bond acceptors (Lipinski definition) is 5. The molecule has 0 saturated carbocycles. The van der Waals surface area contributed by atoms with Crippen LogP contribution in [0.25, 0.3) is 0 Å². The Labute approximate surface area is 98.4 Å². The molecule has 0 aliphatic carbocycles. The van der Waals surface area contributed by atoms with Crippen LogP contribution in [-0.4, -0.2) is 59.9 Å². The first-order chi connectivity index (χ1) is 7.55. The van der Waals surface area contributed by atoms with Crippen molar-refractivity contribution >= 4 is 9.84 Å². The fourth-order valence-corrected chi connectivity index (χ4v) is 2.09. The Morgan fingerprint density at radius 2 is 2.00 bits per heavy atom. The molecule has 0 spiro atoms. The predicted molar refractivity (Wildman–Crippen MR) is 64.5 cm³/mol. The molecule has 1 unspecified atom stereocenters. The Hall–Kier alpha value is -0.170. The standard InChI is InChI=1S/C10H23NO4S/c1-4-16(12,13)7-5-6-11-8-10(15-3)9-14-2/h10-11H,4-9H2,1-3H3. The van der Waals surface area contributed by atoms with Gasteiger partial charge in [0.15, 0.2) is 0 Å². The lowest BCUT2D eigenvalue weighted by Crippen LogP contribution is -2.32. The van der Waals surface area contributed by atoms with Gasteiger partial charge in [0, 0.05) is 26.5 Å². The quantitative estimate of drug-likeness (QED) is 0.558. The minimum absolute atomic E-state index is 0.0211. The molecule has 0 fully saturated rings. The van der Waals surface area contributed by atoms with Crippen molar-refractivity contribution in [1.29, 1.82) is 0 Å². The van der Waals surface area contributed by atoms with Crippen molar-refractivity contribution in [1.82, 2.24) is 5.32 Å². The highest BCUT2D eigenvalue weighted by Crippen LogP contribution is 1.93. The van der Waals surface area contributed by atoms with Crippen LogP contribution in [0.15, 0.2) is 0 Å². The summed E-state index contributed by atoms with van der Waals surface area (Å²) in [5, 5.41) is 3.15. The highest BCUT2D eigenvalue weighted by molar-refractivity contribution is 7.91. The number of methoxy groups -OCH3 is 2. The van der Waals surface area contributed by atoms with E-state index in [2.05, 4.69) is 5.32 Å². The van der Waals surface area contributed by atoms with Gasteiger partial charge in [0.2, 0.25) is 0 Å². The zero-order valence-electron chi connectivity index (χ0n) is 10.4. The summed E-state index contributed by atoms with van der Waals surface area (Å²) in [5.41, 5.74) is 0. The summed E-state index contributed by atoms with van der Waals surface area (Å²) in [6, 6.07) is 0. The number of sulfone groups is 1. The van der Waals surface area contributed by atoms with Crippen molar-refractivity contribution in [2.24, 2.45) is 0 Å². The van der Waals surface area contributed by atoms with Gasteiger partial charge in [0.25, 0.3) is 0 Å². The largest absolute Gasteiger partial charge is 0.382 e. The van der Waals surface area contributed by atoms with Gasteiger partial charge in [0.1, 0.15) is 9.84 Å². The van der Waals surface area contributed by atoms with E-state index in [1.165, 1.54) is 0 Å². The molecule has 6 heteroatoms. The van der Waals surface area contributed by atoms with E-state index in [0.29, 0.717) is 26.1 Å². The molecule has 0 aliphatic rings. The minimum atomic E-state index is -2.83. The molecule has 0 amide bonds. The van der Waals surface area contributed by atoms with Crippen LogP contribution in [0.3, 0.4) is 0 Å². The van der Waals surface area contributed by atoms with Gasteiger partial charge in [-0.15, -0.1) is 0 Å². The summed E-state index contributed by atoms with van der Waals surface area (Å²) >= 11 is 0. The van der Waals surface area contributed by atoms with Crippen LogP contribution >= 0.6 is 0 Å². The molecule has 16 heavy (non-hydrogen) atoms. The van der Waals surface area contributed by atoms with E-state index < -0.39 is 9.84 Å². The van der Waals surface area contributed by atoms with Crippen molar-refractivity contribution in [2.45, 2.75) is 19.4 Å². The molecular weight excluding hydrogens is 230 g/mol. The molecule has 0 radical (unpaired) electrons. The summed E-state index contributed by atoms with van der Waals surface area (Å²) < 4.78 is 32.5. The van der Waals surface area contributed by atoms with Crippen LogP contribution in [-0.2, 0) is 19.3 Å². The molecule has 0 aromatic carbocycles. The van der Waals surface area contributed by atoms with Crippen LogP contribution in [0.2, 0.25) is 0 Å². The molecule has 0 aromatic heterocycles. The second-order valence-corrected chi connectivity index (χ2v) is 6.08. The molecule has 5 nitrogen and oxygen atoms in total. The highest BCUT2D eigenvalue weighted by Gasteiger charge is 2.08. The van der Waals surface area contributed by atoms with E-state index in [1.54, 1.807) is 21.1 Å². The Bertz CT molecular complexity index is 254. The van der Waals surface area contributed by atoms with Crippen LogP contribution in [0.5, 0.6) is 0 Å². The van der Waals surface area contributed by atoms with Gasteiger partial charge < -0.3 is 14.8 Å². The Morgan fingerprint density at radius 1 is 1.31 bits per heavy atom. The van der Waals surface area contributed by atoms with Gasteiger partial charge in [-0.25, -0.2) is 8.42 Å². The third-order valence-corrected chi connectivity index (χ3v) is 4.10. The van der Waals surface area contributed by atoms with Gasteiger partial charge in [-0.05, 0) is 13.0 Å². The summed E-state index contributed by atoms with van der Waals surface area (Å²) in [6.07, 6.45) is 0.660. The highest BCUT2D eigenvalue weighted by atomic mass is 32.2. The molecule has 0 rings (SSSR count). The maximum atomic E-state index is 11.2. The van der Waals surface area contributed by atoms with Gasteiger partial charge in [-0.3, -0.25) is 0 Å². The van der Waals surface area contributed by atoms with E-state index in [0.717, 1.165) is 0 Å². The lowest BCUT2D eigenvalue weighted by Gasteiger charge is -2.14. The van der Waals surface area contributed by atoms with Crippen molar-refractivity contribution in [2.75, 3.05) is 45.4 Å². The van der Waals surface area contributed by atoms with Crippen molar-refractivity contribution in [3.05, 3.63) is 0 Å². The fraction of sp³-hybridized carbons (Fsp3) is 1.00. The van der Waals surface area contributed by atoms with E-state index in [1.807, 2.05) is 0 Å². The maximum absolute atomic E-state index is 11.2. The average molecular weight is 253 g/mol. The van der Waals surface area contributed by atoms with Gasteiger partial charge in [-0.2, -0.15) is 0 Å². The number of hydrogen-bond donors (Lipinski definition) is 1. The maximum Gasteiger partial charge on any atom is 0.150 e. The minimum Gasteiger partial charge on any atom is -0.382 e. The van der Waals surface area contributed by atoms with Crippen LogP contribution in [0.4, 0.5) is 0 Å². The SMILES string of the molecule is CCS(=O)(=O)CCCNCC(COC)OC. The number of ether oxygens (including phenoxy) is 2.